The number of hydrogen-bond acceptors (Lipinski definition) is 5. The monoisotopic (exact) mass is 370 g/mol. The van der Waals surface area contributed by atoms with Gasteiger partial charge in [-0.15, -0.1) is 0 Å². The molecule has 2 rings (SSSR count). The maximum Gasteiger partial charge on any atom is 0.337 e. The minimum absolute atomic E-state index is 0.0585. The number of esters is 1. The van der Waals surface area contributed by atoms with E-state index in [9.17, 15) is 9.59 Å². The zero-order chi connectivity index (χ0) is 19.5. The van der Waals surface area contributed by atoms with Gasteiger partial charge in [-0.05, 0) is 81.1 Å². The van der Waals surface area contributed by atoms with E-state index in [4.69, 9.17) is 9.47 Å². The van der Waals surface area contributed by atoms with Crippen LogP contribution in [-0.2, 0) is 4.74 Å². The molecule has 0 fully saturated rings. The largest absolute Gasteiger partial charge is 0.494 e. The van der Waals surface area contributed by atoms with Crippen LogP contribution in [0.1, 0.15) is 53.3 Å². The average Bonchev–Trinajstić information content (AvgIpc) is 2.70. The summed E-state index contributed by atoms with van der Waals surface area (Å²) in [5.41, 5.74) is 1.21. The molecule has 144 valence electrons. The number of rotatable bonds is 11. The van der Waals surface area contributed by atoms with E-state index in [1.165, 1.54) is 7.11 Å². The SMILES string of the molecule is COC(=O)c1ccc(OCCCCCCOc2ccc(C(C)=O)cc2)cc1. The van der Waals surface area contributed by atoms with Crippen LogP contribution in [0.4, 0.5) is 0 Å². The van der Waals surface area contributed by atoms with Gasteiger partial charge in [0.05, 0.1) is 25.9 Å². The van der Waals surface area contributed by atoms with Crippen LogP contribution in [0.25, 0.3) is 0 Å². The maximum atomic E-state index is 11.4. The molecule has 0 saturated heterocycles. The second-order valence-electron chi connectivity index (χ2n) is 6.21. The number of ketones is 1. The molecule has 0 spiro atoms. The highest BCUT2D eigenvalue weighted by atomic mass is 16.5. The van der Waals surface area contributed by atoms with Crippen molar-refractivity contribution in [1.82, 2.24) is 0 Å². The van der Waals surface area contributed by atoms with Crippen molar-refractivity contribution in [2.75, 3.05) is 20.3 Å². The first kappa shape index (κ1) is 20.5. The highest BCUT2D eigenvalue weighted by molar-refractivity contribution is 5.94. The lowest BCUT2D eigenvalue weighted by Gasteiger charge is -2.08. The van der Waals surface area contributed by atoms with Gasteiger partial charge in [0.15, 0.2) is 5.78 Å². The predicted octanol–water partition coefficient (Wildman–Crippen LogP) is 4.69. The lowest BCUT2D eigenvalue weighted by molar-refractivity contribution is 0.0600. The highest BCUT2D eigenvalue weighted by Gasteiger charge is 2.04. The molecule has 0 aliphatic rings. The van der Waals surface area contributed by atoms with Gasteiger partial charge in [-0.25, -0.2) is 4.79 Å². The third-order valence-corrected chi connectivity index (χ3v) is 4.11. The summed E-state index contributed by atoms with van der Waals surface area (Å²) >= 11 is 0. The van der Waals surface area contributed by atoms with Gasteiger partial charge in [0, 0.05) is 5.56 Å². The second kappa shape index (κ2) is 11.0. The first-order chi connectivity index (χ1) is 13.1. The second-order valence-corrected chi connectivity index (χ2v) is 6.21. The summed E-state index contributed by atoms with van der Waals surface area (Å²) in [6.45, 7) is 2.86. The van der Waals surface area contributed by atoms with Gasteiger partial charge in [-0.1, -0.05) is 0 Å². The Hall–Kier alpha value is -2.82. The third-order valence-electron chi connectivity index (χ3n) is 4.11. The number of carbonyl (C=O) groups is 2. The Kier molecular flexibility index (Phi) is 8.36. The van der Waals surface area contributed by atoms with Crippen molar-refractivity contribution in [2.24, 2.45) is 0 Å². The lowest BCUT2D eigenvalue weighted by atomic mass is 10.1. The molecule has 0 aromatic heterocycles. The molecule has 27 heavy (non-hydrogen) atoms. The Balaban J connectivity index is 1.53. The molecule has 0 bridgehead atoms. The highest BCUT2D eigenvalue weighted by Crippen LogP contribution is 2.15. The molecule has 0 atom stereocenters. The zero-order valence-electron chi connectivity index (χ0n) is 15.9. The number of benzene rings is 2. The number of unbranched alkanes of at least 4 members (excludes halogenated alkanes) is 3. The summed E-state index contributed by atoms with van der Waals surface area (Å²) in [7, 11) is 1.36. The Labute approximate surface area is 160 Å². The first-order valence-corrected chi connectivity index (χ1v) is 9.15. The molecule has 5 heteroatoms. The molecule has 5 nitrogen and oxygen atoms in total. The van der Waals surface area contributed by atoms with E-state index in [0.717, 1.165) is 37.2 Å². The summed E-state index contributed by atoms with van der Waals surface area (Å²) < 4.78 is 16.0. The quantitative estimate of drug-likeness (QED) is 0.326. The molecule has 2 aromatic carbocycles. The number of Topliss-reactive ketones (excluding diaryl/α,β-unsaturated/α-hetero) is 1. The van der Waals surface area contributed by atoms with Crippen molar-refractivity contribution >= 4 is 11.8 Å². The summed E-state index contributed by atoms with van der Waals surface area (Å²) in [5, 5.41) is 0. The Morgan fingerprint density at radius 3 is 1.56 bits per heavy atom. The molecule has 0 aliphatic heterocycles. The van der Waals surface area contributed by atoms with Crippen LogP contribution in [0.5, 0.6) is 11.5 Å². The van der Waals surface area contributed by atoms with Gasteiger partial charge in [0.25, 0.3) is 0 Å². The Morgan fingerprint density at radius 2 is 1.15 bits per heavy atom. The van der Waals surface area contributed by atoms with E-state index >= 15 is 0 Å². The molecular formula is C22H26O5. The van der Waals surface area contributed by atoms with Crippen LogP contribution < -0.4 is 9.47 Å². The van der Waals surface area contributed by atoms with Gasteiger partial charge in [-0.3, -0.25) is 4.79 Å². The number of methoxy groups -OCH3 is 1. The molecule has 0 N–H and O–H groups in total. The Bertz CT molecular complexity index is 719. The van der Waals surface area contributed by atoms with E-state index in [2.05, 4.69) is 4.74 Å². The fraction of sp³-hybridized carbons (Fsp3) is 0.364. The normalized spacial score (nSPS) is 10.3. The zero-order valence-corrected chi connectivity index (χ0v) is 15.9. The molecule has 0 saturated carbocycles. The van der Waals surface area contributed by atoms with Crippen molar-refractivity contribution in [3.05, 3.63) is 59.7 Å². The predicted molar refractivity (Wildman–Crippen MR) is 104 cm³/mol. The number of carbonyl (C=O) groups excluding carboxylic acids is 2. The van der Waals surface area contributed by atoms with Crippen LogP contribution in [-0.4, -0.2) is 32.1 Å². The number of ether oxygens (including phenoxy) is 3. The molecule has 0 amide bonds. The van der Waals surface area contributed by atoms with Crippen molar-refractivity contribution in [3.8, 4) is 11.5 Å². The standard InChI is InChI=1S/C22H26O5/c1-17(23)18-7-11-20(12-8-18)26-15-5-3-4-6-16-27-21-13-9-19(10-14-21)22(24)25-2/h7-14H,3-6,15-16H2,1-2H3. The van der Waals surface area contributed by atoms with Crippen LogP contribution in [0, 0.1) is 0 Å². The Morgan fingerprint density at radius 1 is 0.704 bits per heavy atom. The van der Waals surface area contributed by atoms with Gasteiger partial charge >= 0.3 is 5.97 Å². The van der Waals surface area contributed by atoms with Crippen molar-refractivity contribution in [1.29, 1.82) is 0 Å². The van der Waals surface area contributed by atoms with Crippen LogP contribution in [0.3, 0.4) is 0 Å². The fourth-order valence-electron chi connectivity index (χ4n) is 2.53. The molecule has 2 aromatic rings. The van der Waals surface area contributed by atoms with E-state index in [-0.39, 0.29) is 11.8 Å². The summed E-state index contributed by atoms with van der Waals surface area (Å²) in [6.07, 6.45) is 4.07. The van der Waals surface area contributed by atoms with Crippen molar-refractivity contribution < 1.29 is 23.8 Å². The minimum atomic E-state index is -0.349. The van der Waals surface area contributed by atoms with Crippen LogP contribution >= 0.6 is 0 Å². The average molecular weight is 370 g/mol. The smallest absolute Gasteiger partial charge is 0.337 e. The summed E-state index contributed by atoms with van der Waals surface area (Å²) in [5.74, 6) is 1.25. The number of hydrogen-bond donors (Lipinski definition) is 0. The minimum Gasteiger partial charge on any atom is -0.494 e. The topological polar surface area (TPSA) is 61.8 Å². The van der Waals surface area contributed by atoms with Crippen molar-refractivity contribution in [3.63, 3.8) is 0 Å². The molecule has 0 heterocycles. The molecule has 0 aliphatic carbocycles. The van der Waals surface area contributed by atoms with E-state index in [0.29, 0.717) is 24.3 Å². The van der Waals surface area contributed by atoms with Gasteiger partial charge in [0.2, 0.25) is 0 Å². The molecule has 0 unspecified atom stereocenters. The van der Waals surface area contributed by atoms with Crippen LogP contribution in [0.15, 0.2) is 48.5 Å². The summed E-state index contributed by atoms with van der Waals surface area (Å²) in [6, 6.07) is 14.2. The molecular weight excluding hydrogens is 344 g/mol. The third kappa shape index (κ3) is 7.13. The van der Waals surface area contributed by atoms with E-state index < -0.39 is 0 Å². The summed E-state index contributed by atoms with van der Waals surface area (Å²) in [4.78, 5) is 22.6. The van der Waals surface area contributed by atoms with E-state index in [1.54, 1.807) is 43.3 Å². The van der Waals surface area contributed by atoms with Crippen molar-refractivity contribution in [2.45, 2.75) is 32.6 Å². The molecule has 0 radical (unpaired) electrons. The van der Waals surface area contributed by atoms with E-state index in [1.807, 2.05) is 12.1 Å². The van der Waals surface area contributed by atoms with Gasteiger partial charge in [-0.2, -0.15) is 0 Å². The van der Waals surface area contributed by atoms with Crippen LogP contribution in [0.2, 0.25) is 0 Å². The first-order valence-electron chi connectivity index (χ1n) is 9.15. The maximum absolute atomic E-state index is 11.4. The lowest BCUT2D eigenvalue weighted by Crippen LogP contribution is -2.02. The van der Waals surface area contributed by atoms with Gasteiger partial charge in [0.1, 0.15) is 11.5 Å². The van der Waals surface area contributed by atoms with Gasteiger partial charge < -0.3 is 14.2 Å². The fourth-order valence-corrected chi connectivity index (χ4v) is 2.53.